The molecule has 0 unspecified atom stereocenters. The molecular weight excluding hydrogens is 268 g/mol. The van der Waals surface area contributed by atoms with Crippen LogP contribution in [0.1, 0.15) is 22.4 Å². The van der Waals surface area contributed by atoms with Gasteiger partial charge < -0.3 is 5.32 Å². The zero-order valence-corrected chi connectivity index (χ0v) is 11.8. The molecule has 0 saturated heterocycles. The van der Waals surface area contributed by atoms with Crippen LogP contribution in [-0.2, 0) is 6.54 Å². The first-order valence-corrected chi connectivity index (χ1v) is 6.37. The number of benzene rings is 1. The Bertz CT molecular complexity index is 735. The lowest BCUT2D eigenvalue weighted by atomic mass is 10.1. The number of rotatable bonds is 4. The fourth-order valence-electron chi connectivity index (χ4n) is 2.02. The average Bonchev–Trinajstić information content (AvgIpc) is 2.46. The molecule has 0 aliphatic rings. The second kappa shape index (κ2) is 6.01. The molecule has 0 atom stereocenters. The minimum Gasteiger partial charge on any atom is -0.365 e. The number of aryl methyl sites for hydroxylation is 1. The van der Waals surface area contributed by atoms with Gasteiger partial charge in [-0.05, 0) is 31.5 Å². The van der Waals surface area contributed by atoms with Crippen LogP contribution in [0, 0.1) is 35.3 Å². The van der Waals surface area contributed by atoms with Crippen LogP contribution in [0.5, 0.6) is 0 Å². The lowest BCUT2D eigenvalue weighted by Crippen LogP contribution is -2.06. The van der Waals surface area contributed by atoms with Crippen molar-refractivity contribution in [1.82, 2.24) is 4.98 Å². The van der Waals surface area contributed by atoms with E-state index in [-0.39, 0.29) is 5.69 Å². The second-order valence-electron chi connectivity index (χ2n) is 4.63. The van der Waals surface area contributed by atoms with Gasteiger partial charge in [-0.25, -0.2) is 4.98 Å². The number of anilines is 1. The first-order chi connectivity index (χ1) is 10.0. The predicted molar refractivity (Wildman–Crippen MR) is 78.8 cm³/mol. The van der Waals surface area contributed by atoms with E-state index in [2.05, 4.69) is 16.4 Å². The molecule has 1 aromatic carbocycles. The van der Waals surface area contributed by atoms with Crippen LogP contribution in [0.25, 0.3) is 0 Å². The van der Waals surface area contributed by atoms with Crippen molar-refractivity contribution in [3.05, 3.63) is 62.8 Å². The van der Waals surface area contributed by atoms with E-state index in [1.165, 1.54) is 6.07 Å². The summed E-state index contributed by atoms with van der Waals surface area (Å²) in [7, 11) is 0. The first kappa shape index (κ1) is 14.5. The van der Waals surface area contributed by atoms with Gasteiger partial charge in [-0.15, -0.1) is 0 Å². The maximum absolute atomic E-state index is 10.9. The fraction of sp³-hybridized carbons (Fsp3) is 0.200. The SMILES string of the molecule is Cc1ccc(C#N)c(NCc2cccc([N+](=O)[O-])c2C)n1. The standard InChI is InChI=1S/C15H14N4O2/c1-10-6-7-12(8-16)15(18-10)17-9-13-4-3-5-14(11(13)2)19(20)21/h3-7H,9H2,1-2H3,(H,17,18). The van der Waals surface area contributed by atoms with Crippen LogP contribution >= 0.6 is 0 Å². The number of nitro groups is 1. The zero-order chi connectivity index (χ0) is 15.4. The summed E-state index contributed by atoms with van der Waals surface area (Å²) in [5.74, 6) is 0.489. The predicted octanol–water partition coefficient (Wildman–Crippen LogP) is 3.09. The molecule has 1 aromatic heterocycles. The summed E-state index contributed by atoms with van der Waals surface area (Å²) < 4.78 is 0. The highest BCUT2D eigenvalue weighted by atomic mass is 16.6. The number of nitrogens with one attached hydrogen (secondary N) is 1. The van der Waals surface area contributed by atoms with Gasteiger partial charge in [0, 0.05) is 23.9 Å². The van der Waals surface area contributed by atoms with Crippen molar-refractivity contribution in [3.63, 3.8) is 0 Å². The van der Waals surface area contributed by atoms with Crippen LogP contribution in [0.3, 0.4) is 0 Å². The Kier molecular flexibility index (Phi) is 4.14. The molecule has 6 heteroatoms. The van der Waals surface area contributed by atoms with Crippen molar-refractivity contribution >= 4 is 11.5 Å². The fourth-order valence-corrected chi connectivity index (χ4v) is 2.02. The Labute approximate surface area is 122 Å². The number of hydrogen-bond donors (Lipinski definition) is 1. The second-order valence-corrected chi connectivity index (χ2v) is 4.63. The van der Waals surface area contributed by atoms with E-state index in [0.717, 1.165) is 11.3 Å². The van der Waals surface area contributed by atoms with E-state index >= 15 is 0 Å². The summed E-state index contributed by atoms with van der Waals surface area (Å²) in [6.45, 7) is 3.92. The molecule has 1 N–H and O–H groups in total. The van der Waals surface area contributed by atoms with Gasteiger partial charge in [0.1, 0.15) is 11.9 Å². The smallest absolute Gasteiger partial charge is 0.272 e. The molecule has 0 fully saturated rings. The van der Waals surface area contributed by atoms with E-state index in [1.807, 2.05) is 13.0 Å². The number of pyridine rings is 1. The minimum atomic E-state index is -0.398. The number of hydrogen-bond acceptors (Lipinski definition) is 5. The summed E-state index contributed by atoms with van der Waals surface area (Å²) in [6.07, 6.45) is 0. The van der Waals surface area contributed by atoms with E-state index < -0.39 is 4.92 Å². The highest BCUT2D eigenvalue weighted by Gasteiger charge is 2.13. The number of aromatic nitrogens is 1. The van der Waals surface area contributed by atoms with Crippen molar-refractivity contribution in [1.29, 1.82) is 5.26 Å². The van der Waals surface area contributed by atoms with Crippen molar-refractivity contribution in [3.8, 4) is 6.07 Å². The maximum atomic E-state index is 10.9. The van der Waals surface area contributed by atoms with E-state index in [1.54, 1.807) is 25.1 Å². The van der Waals surface area contributed by atoms with E-state index in [0.29, 0.717) is 23.5 Å². The van der Waals surface area contributed by atoms with Gasteiger partial charge in [-0.3, -0.25) is 10.1 Å². The van der Waals surface area contributed by atoms with Gasteiger partial charge in [0.25, 0.3) is 5.69 Å². The van der Waals surface area contributed by atoms with Gasteiger partial charge >= 0.3 is 0 Å². The third kappa shape index (κ3) is 3.15. The Balaban J connectivity index is 2.25. The van der Waals surface area contributed by atoms with E-state index in [9.17, 15) is 10.1 Å². The van der Waals surface area contributed by atoms with Crippen molar-refractivity contribution < 1.29 is 4.92 Å². The Morgan fingerprint density at radius 2 is 2.10 bits per heavy atom. The van der Waals surface area contributed by atoms with Gasteiger partial charge in [-0.1, -0.05) is 12.1 Å². The molecule has 21 heavy (non-hydrogen) atoms. The molecule has 0 amide bonds. The third-order valence-electron chi connectivity index (χ3n) is 3.22. The van der Waals surface area contributed by atoms with Crippen LogP contribution in [-0.4, -0.2) is 9.91 Å². The molecule has 2 aromatic rings. The van der Waals surface area contributed by atoms with Gasteiger partial charge in [0.2, 0.25) is 0 Å². The molecule has 2 rings (SSSR count). The van der Waals surface area contributed by atoms with Crippen LogP contribution in [0.2, 0.25) is 0 Å². The van der Waals surface area contributed by atoms with Crippen molar-refractivity contribution in [2.75, 3.05) is 5.32 Å². The Hall–Kier alpha value is -2.94. The first-order valence-electron chi connectivity index (χ1n) is 6.37. The van der Waals surface area contributed by atoms with Crippen molar-refractivity contribution in [2.24, 2.45) is 0 Å². The number of nitriles is 1. The molecule has 0 aliphatic heterocycles. The highest BCUT2D eigenvalue weighted by Crippen LogP contribution is 2.22. The molecule has 106 valence electrons. The molecule has 0 saturated carbocycles. The summed E-state index contributed by atoms with van der Waals surface area (Å²) in [5, 5.41) is 23.1. The number of nitrogens with zero attached hydrogens (tertiary/aromatic N) is 3. The largest absolute Gasteiger partial charge is 0.365 e. The van der Waals surface area contributed by atoms with Crippen LogP contribution < -0.4 is 5.32 Å². The average molecular weight is 282 g/mol. The molecule has 0 spiro atoms. The molecule has 0 bridgehead atoms. The topological polar surface area (TPSA) is 91.8 Å². The van der Waals surface area contributed by atoms with Gasteiger partial charge in [0.15, 0.2) is 0 Å². The summed E-state index contributed by atoms with van der Waals surface area (Å²) in [5.41, 5.74) is 2.75. The van der Waals surface area contributed by atoms with Crippen LogP contribution in [0.4, 0.5) is 11.5 Å². The molecule has 0 radical (unpaired) electrons. The lowest BCUT2D eigenvalue weighted by molar-refractivity contribution is -0.385. The zero-order valence-electron chi connectivity index (χ0n) is 11.8. The monoisotopic (exact) mass is 282 g/mol. The molecule has 0 aliphatic carbocycles. The summed E-state index contributed by atoms with van der Waals surface area (Å²) in [6, 6.07) is 10.5. The Morgan fingerprint density at radius 3 is 2.76 bits per heavy atom. The number of nitro benzene ring substituents is 1. The quantitative estimate of drug-likeness (QED) is 0.687. The molecule has 6 nitrogen and oxygen atoms in total. The highest BCUT2D eigenvalue weighted by molar-refractivity contribution is 5.53. The molecular formula is C15H14N4O2. The summed E-state index contributed by atoms with van der Waals surface area (Å²) in [4.78, 5) is 14.8. The van der Waals surface area contributed by atoms with Crippen molar-refractivity contribution in [2.45, 2.75) is 20.4 Å². The van der Waals surface area contributed by atoms with E-state index in [4.69, 9.17) is 5.26 Å². The lowest BCUT2D eigenvalue weighted by Gasteiger charge is -2.10. The Morgan fingerprint density at radius 1 is 1.33 bits per heavy atom. The van der Waals surface area contributed by atoms with Crippen LogP contribution in [0.15, 0.2) is 30.3 Å². The van der Waals surface area contributed by atoms with Gasteiger partial charge in [0.05, 0.1) is 10.5 Å². The third-order valence-corrected chi connectivity index (χ3v) is 3.22. The van der Waals surface area contributed by atoms with Gasteiger partial charge in [-0.2, -0.15) is 5.26 Å². The minimum absolute atomic E-state index is 0.0898. The normalized spacial score (nSPS) is 9.95. The maximum Gasteiger partial charge on any atom is 0.272 e. The summed E-state index contributed by atoms with van der Waals surface area (Å²) >= 11 is 0. The molecule has 1 heterocycles.